The van der Waals surface area contributed by atoms with E-state index in [1.807, 2.05) is 0 Å². The van der Waals surface area contributed by atoms with Gasteiger partial charge in [0.1, 0.15) is 0 Å². The Morgan fingerprint density at radius 2 is 1.83 bits per heavy atom. The third-order valence-electron chi connectivity index (χ3n) is 3.03. The highest BCUT2D eigenvalue weighted by Crippen LogP contribution is 2.36. The van der Waals surface area contributed by atoms with Gasteiger partial charge >= 0.3 is 0 Å². The third kappa shape index (κ3) is 1.04. The molecule has 0 aromatic rings. The first kappa shape index (κ1) is 7.77. The molecule has 1 heterocycles. The van der Waals surface area contributed by atoms with E-state index in [4.69, 9.17) is 0 Å². The van der Waals surface area contributed by atoms with Gasteiger partial charge in [0.25, 0.3) is 0 Å². The monoisotopic (exact) mass is 167 g/mol. The van der Waals surface area contributed by atoms with Crippen LogP contribution in [0.4, 0.5) is 0 Å². The van der Waals surface area contributed by atoms with Crippen molar-refractivity contribution < 1.29 is 9.59 Å². The van der Waals surface area contributed by atoms with E-state index in [1.54, 1.807) is 0 Å². The fraction of sp³-hybridized carbons (Fsp3) is 0.778. The number of carbonyl (C=O) groups excluding carboxylic acids is 2. The van der Waals surface area contributed by atoms with Crippen LogP contribution in [0.15, 0.2) is 0 Å². The van der Waals surface area contributed by atoms with Crippen LogP contribution in [-0.2, 0) is 9.59 Å². The van der Waals surface area contributed by atoms with Gasteiger partial charge in [-0.15, -0.1) is 0 Å². The van der Waals surface area contributed by atoms with Crippen LogP contribution in [0.25, 0.3) is 0 Å². The second-order valence-electron chi connectivity index (χ2n) is 3.98. The van der Waals surface area contributed by atoms with Gasteiger partial charge in [-0.25, -0.2) is 0 Å². The lowest BCUT2D eigenvalue weighted by atomic mass is 9.76. The number of hydrogen-bond acceptors (Lipinski definition) is 2. The third-order valence-corrected chi connectivity index (χ3v) is 3.03. The SMILES string of the molecule is C[C@@H]1CC[C@@H]2C(=O)NC(=O)[C@@H]2C1. The zero-order valence-corrected chi connectivity index (χ0v) is 7.17. The highest BCUT2D eigenvalue weighted by molar-refractivity contribution is 6.05. The van der Waals surface area contributed by atoms with Crippen LogP contribution >= 0.6 is 0 Å². The van der Waals surface area contributed by atoms with Crippen molar-refractivity contribution in [2.24, 2.45) is 17.8 Å². The second kappa shape index (κ2) is 2.57. The average Bonchev–Trinajstić information content (AvgIpc) is 2.28. The largest absolute Gasteiger partial charge is 0.296 e. The normalized spacial score (nSPS) is 40.9. The summed E-state index contributed by atoms with van der Waals surface area (Å²) in [5, 5.41) is 2.40. The first-order chi connectivity index (χ1) is 5.68. The summed E-state index contributed by atoms with van der Waals surface area (Å²) in [7, 11) is 0. The van der Waals surface area contributed by atoms with Crippen LogP contribution in [0.3, 0.4) is 0 Å². The molecule has 3 heteroatoms. The maximum Gasteiger partial charge on any atom is 0.230 e. The summed E-state index contributed by atoms with van der Waals surface area (Å²) in [5.41, 5.74) is 0. The Morgan fingerprint density at radius 1 is 1.17 bits per heavy atom. The molecule has 0 aromatic heterocycles. The molecule has 3 nitrogen and oxygen atoms in total. The molecule has 3 atom stereocenters. The molecule has 0 aromatic carbocycles. The van der Waals surface area contributed by atoms with Crippen LogP contribution < -0.4 is 5.32 Å². The number of amides is 2. The zero-order chi connectivity index (χ0) is 8.72. The Kier molecular flexibility index (Phi) is 1.67. The molecular formula is C9H13NO2. The van der Waals surface area contributed by atoms with E-state index in [9.17, 15) is 9.59 Å². The topological polar surface area (TPSA) is 46.2 Å². The summed E-state index contributed by atoms with van der Waals surface area (Å²) in [6, 6.07) is 0. The van der Waals surface area contributed by atoms with Crippen molar-refractivity contribution in [1.82, 2.24) is 5.32 Å². The highest BCUT2D eigenvalue weighted by Gasteiger charge is 2.44. The smallest absolute Gasteiger partial charge is 0.230 e. The van der Waals surface area contributed by atoms with E-state index in [0.717, 1.165) is 19.3 Å². The van der Waals surface area contributed by atoms with Crippen LogP contribution in [0.2, 0.25) is 0 Å². The summed E-state index contributed by atoms with van der Waals surface area (Å²) in [4.78, 5) is 22.4. The van der Waals surface area contributed by atoms with E-state index in [0.29, 0.717) is 5.92 Å². The van der Waals surface area contributed by atoms with Gasteiger partial charge in [0.15, 0.2) is 0 Å². The lowest BCUT2D eigenvalue weighted by Crippen LogP contribution is -2.25. The molecule has 0 unspecified atom stereocenters. The van der Waals surface area contributed by atoms with Crippen molar-refractivity contribution in [3.05, 3.63) is 0 Å². The molecule has 2 rings (SSSR count). The number of imide groups is 1. The van der Waals surface area contributed by atoms with E-state index in [1.165, 1.54) is 0 Å². The molecule has 1 aliphatic heterocycles. The fourth-order valence-corrected chi connectivity index (χ4v) is 2.29. The van der Waals surface area contributed by atoms with Crippen LogP contribution in [0, 0.1) is 17.8 Å². The predicted octanol–water partition coefficient (Wildman–Crippen LogP) is 0.695. The maximum atomic E-state index is 11.2. The van der Waals surface area contributed by atoms with E-state index >= 15 is 0 Å². The molecule has 0 radical (unpaired) electrons. The number of rotatable bonds is 0. The highest BCUT2D eigenvalue weighted by atomic mass is 16.2. The molecule has 2 aliphatic rings. The lowest BCUT2D eigenvalue weighted by molar-refractivity contribution is -0.126. The van der Waals surface area contributed by atoms with Gasteiger partial charge in [0.05, 0.1) is 5.92 Å². The number of nitrogens with one attached hydrogen (secondary N) is 1. The van der Waals surface area contributed by atoms with E-state index < -0.39 is 0 Å². The van der Waals surface area contributed by atoms with Gasteiger partial charge in [-0.05, 0) is 25.2 Å². The molecule has 0 bridgehead atoms. The Balaban J connectivity index is 2.17. The molecule has 1 aliphatic carbocycles. The number of fused-ring (bicyclic) bond motifs is 1. The lowest BCUT2D eigenvalue weighted by Gasteiger charge is -2.25. The first-order valence-corrected chi connectivity index (χ1v) is 4.53. The minimum Gasteiger partial charge on any atom is -0.296 e. The Bertz CT molecular complexity index is 237. The summed E-state index contributed by atoms with van der Waals surface area (Å²) >= 11 is 0. The van der Waals surface area contributed by atoms with Crippen molar-refractivity contribution in [3.63, 3.8) is 0 Å². The van der Waals surface area contributed by atoms with E-state index in [-0.39, 0.29) is 23.7 Å². The molecule has 1 saturated carbocycles. The minimum atomic E-state index is -0.0449. The van der Waals surface area contributed by atoms with Gasteiger partial charge in [0.2, 0.25) is 11.8 Å². The molecule has 12 heavy (non-hydrogen) atoms. The van der Waals surface area contributed by atoms with Crippen molar-refractivity contribution >= 4 is 11.8 Å². The van der Waals surface area contributed by atoms with Crippen molar-refractivity contribution in [1.29, 1.82) is 0 Å². The van der Waals surface area contributed by atoms with Crippen molar-refractivity contribution in [2.75, 3.05) is 0 Å². The molecule has 2 fully saturated rings. The summed E-state index contributed by atoms with van der Waals surface area (Å²) < 4.78 is 0. The maximum absolute atomic E-state index is 11.2. The second-order valence-corrected chi connectivity index (χ2v) is 3.98. The molecule has 66 valence electrons. The minimum absolute atomic E-state index is 0.00583. The standard InChI is InChI=1S/C9H13NO2/c1-5-2-3-6-7(4-5)9(12)10-8(6)11/h5-7H,2-4H2,1H3,(H,10,11,12)/t5-,6+,7-/m1/s1. The van der Waals surface area contributed by atoms with Gasteiger partial charge in [-0.1, -0.05) is 6.92 Å². The van der Waals surface area contributed by atoms with Gasteiger partial charge in [0, 0.05) is 5.92 Å². The van der Waals surface area contributed by atoms with Gasteiger partial charge in [-0.2, -0.15) is 0 Å². The summed E-state index contributed by atoms with van der Waals surface area (Å²) in [6.45, 7) is 2.15. The van der Waals surface area contributed by atoms with Gasteiger partial charge in [-0.3, -0.25) is 14.9 Å². The predicted molar refractivity (Wildman–Crippen MR) is 43.1 cm³/mol. The Labute approximate surface area is 71.5 Å². The summed E-state index contributed by atoms with van der Waals surface area (Å²) in [6.07, 6.45) is 2.87. The number of carbonyl (C=O) groups is 2. The molecular weight excluding hydrogens is 154 g/mol. The van der Waals surface area contributed by atoms with Crippen LogP contribution in [0.5, 0.6) is 0 Å². The summed E-state index contributed by atoms with van der Waals surface area (Å²) in [5.74, 6) is 0.492. The van der Waals surface area contributed by atoms with Crippen LogP contribution in [0.1, 0.15) is 26.2 Å². The molecule has 0 spiro atoms. The van der Waals surface area contributed by atoms with E-state index in [2.05, 4.69) is 12.2 Å². The Morgan fingerprint density at radius 3 is 2.58 bits per heavy atom. The fourth-order valence-electron chi connectivity index (χ4n) is 2.29. The average molecular weight is 167 g/mol. The van der Waals surface area contributed by atoms with Gasteiger partial charge < -0.3 is 0 Å². The quantitative estimate of drug-likeness (QED) is 0.540. The van der Waals surface area contributed by atoms with Crippen molar-refractivity contribution in [2.45, 2.75) is 26.2 Å². The van der Waals surface area contributed by atoms with Crippen molar-refractivity contribution in [3.8, 4) is 0 Å². The molecule has 1 N–H and O–H groups in total. The first-order valence-electron chi connectivity index (χ1n) is 4.53. The zero-order valence-electron chi connectivity index (χ0n) is 7.17. The molecule has 1 saturated heterocycles. The Hall–Kier alpha value is -0.860. The molecule has 2 amide bonds. The number of hydrogen-bond donors (Lipinski definition) is 1. The van der Waals surface area contributed by atoms with Crippen LogP contribution in [-0.4, -0.2) is 11.8 Å².